The van der Waals surface area contributed by atoms with Crippen LogP contribution >= 0.6 is 0 Å². The molecule has 31 heavy (non-hydrogen) atoms. The molecule has 0 atom stereocenters. The number of rotatable bonds is 9. The molecule has 7 nitrogen and oxygen atoms in total. The SMILES string of the molecule is CCN(CC)S(=O)(=O)c1cc(C(=O)OCC(=O)N(C)Cc2ccccc2C)ccc1F. The number of benzene rings is 2. The molecule has 2 aromatic rings. The number of ether oxygens (including phenoxy) is 1. The van der Waals surface area contributed by atoms with Crippen LogP contribution in [0.15, 0.2) is 47.4 Å². The highest BCUT2D eigenvalue weighted by Crippen LogP contribution is 2.21. The highest BCUT2D eigenvalue weighted by Gasteiger charge is 2.27. The number of sulfonamides is 1. The summed E-state index contributed by atoms with van der Waals surface area (Å²) in [6.07, 6.45) is 0. The number of likely N-dealkylation sites (N-methyl/N-ethyl adjacent to an activating group) is 1. The van der Waals surface area contributed by atoms with Gasteiger partial charge in [-0.2, -0.15) is 4.31 Å². The van der Waals surface area contributed by atoms with Crippen LogP contribution < -0.4 is 0 Å². The molecule has 0 bridgehead atoms. The van der Waals surface area contributed by atoms with Crippen LogP contribution in [-0.4, -0.2) is 56.2 Å². The monoisotopic (exact) mass is 450 g/mol. The minimum Gasteiger partial charge on any atom is -0.452 e. The van der Waals surface area contributed by atoms with Gasteiger partial charge in [0.15, 0.2) is 6.61 Å². The van der Waals surface area contributed by atoms with Crippen LogP contribution in [0.1, 0.15) is 35.3 Å². The number of hydrogen-bond acceptors (Lipinski definition) is 5. The molecule has 2 aromatic carbocycles. The number of amides is 1. The number of nitrogens with zero attached hydrogens (tertiary/aromatic N) is 2. The molecule has 168 valence electrons. The third-order valence-electron chi connectivity index (χ3n) is 4.91. The predicted molar refractivity (Wildman–Crippen MR) is 114 cm³/mol. The molecule has 0 spiro atoms. The summed E-state index contributed by atoms with van der Waals surface area (Å²) in [4.78, 5) is 25.5. The average molecular weight is 451 g/mol. The van der Waals surface area contributed by atoms with Gasteiger partial charge in [-0.1, -0.05) is 38.1 Å². The number of carbonyl (C=O) groups is 2. The first kappa shape index (κ1) is 24.5. The molecule has 1 amide bonds. The van der Waals surface area contributed by atoms with Crippen LogP contribution in [0.5, 0.6) is 0 Å². The van der Waals surface area contributed by atoms with Crippen LogP contribution in [0.3, 0.4) is 0 Å². The normalized spacial score (nSPS) is 11.4. The third kappa shape index (κ3) is 5.89. The fourth-order valence-corrected chi connectivity index (χ4v) is 4.53. The van der Waals surface area contributed by atoms with Crippen LogP contribution in [-0.2, 0) is 26.1 Å². The topological polar surface area (TPSA) is 84.0 Å². The van der Waals surface area contributed by atoms with Gasteiger partial charge in [-0.05, 0) is 36.2 Å². The van der Waals surface area contributed by atoms with Gasteiger partial charge in [-0.25, -0.2) is 17.6 Å². The molecule has 0 aliphatic rings. The fourth-order valence-electron chi connectivity index (χ4n) is 2.98. The van der Waals surface area contributed by atoms with Crippen molar-refractivity contribution in [1.29, 1.82) is 0 Å². The fraction of sp³-hybridized carbons (Fsp3) is 0.364. The maximum absolute atomic E-state index is 14.2. The van der Waals surface area contributed by atoms with Gasteiger partial charge in [0.05, 0.1) is 5.56 Å². The summed E-state index contributed by atoms with van der Waals surface area (Å²) >= 11 is 0. The van der Waals surface area contributed by atoms with Gasteiger partial charge < -0.3 is 9.64 Å². The molecule has 0 aromatic heterocycles. The standard InChI is InChI=1S/C22H27FN2O5S/c1-5-25(6-2)31(28,29)20-13-17(11-12-19(20)23)22(27)30-15-21(26)24(4)14-18-10-8-7-9-16(18)3/h7-13H,5-6,14-15H2,1-4H3. The largest absolute Gasteiger partial charge is 0.452 e. The Morgan fingerprint density at radius 3 is 2.32 bits per heavy atom. The molecule has 0 saturated carbocycles. The smallest absolute Gasteiger partial charge is 0.338 e. The zero-order valence-electron chi connectivity index (χ0n) is 18.1. The van der Waals surface area contributed by atoms with Crippen molar-refractivity contribution in [2.75, 3.05) is 26.7 Å². The van der Waals surface area contributed by atoms with Crippen LogP contribution in [0.2, 0.25) is 0 Å². The van der Waals surface area contributed by atoms with E-state index in [9.17, 15) is 22.4 Å². The summed E-state index contributed by atoms with van der Waals surface area (Å²) in [5.41, 5.74) is 1.85. The van der Waals surface area contributed by atoms with E-state index in [0.717, 1.165) is 33.6 Å². The number of hydrogen-bond donors (Lipinski definition) is 0. The molecule has 0 aliphatic carbocycles. The maximum Gasteiger partial charge on any atom is 0.338 e. The van der Waals surface area contributed by atoms with Gasteiger partial charge in [0, 0.05) is 26.7 Å². The third-order valence-corrected chi connectivity index (χ3v) is 6.98. The first-order valence-corrected chi connectivity index (χ1v) is 11.3. The van der Waals surface area contributed by atoms with E-state index in [1.807, 2.05) is 31.2 Å². The Morgan fingerprint density at radius 2 is 1.71 bits per heavy atom. The molecule has 9 heteroatoms. The van der Waals surface area contributed by atoms with Crippen molar-refractivity contribution >= 4 is 21.9 Å². The van der Waals surface area contributed by atoms with E-state index in [1.165, 1.54) is 4.90 Å². The second kappa shape index (κ2) is 10.5. The van der Waals surface area contributed by atoms with Crippen molar-refractivity contribution in [3.63, 3.8) is 0 Å². The molecular weight excluding hydrogens is 423 g/mol. The minimum atomic E-state index is -4.10. The zero-order chi connectivity index (χ0) is 23.2. The summed E-state index contributed by atoms with van der Waals surface area (Å²) in [5, 5.41) is 0. The first-order chi connectivity index (χ1) is 14.6. The van der Waals surface area contributed by atoms with E-state index in [4.69, 9.17) is 4.74 Å². The maximum atomic E-state index is 14.2. The summed E-state index contributed by atoms with van der Waals surface area (Å²) < 4.78 is 45.6. The van der Waals surface area contributed by atoms with Gasteiger partial charge in [0.25, 0.3) is 5.91 Å². The van der Waals surface area contributed by atoms with Gasteiger partial charge in [0.2, 0.25) is 10.0 Å². The Balaban J connectivity index is 2.09. The lowest BCUT2D eigenvalue weighted by Gasteiger charge is -2.19. The Bertz CT molecular complexity index is 1050. The highest BCUT2D eigenvalue weighted by atomic mass is 32.2. The van der Waals surface area contributed by atoms with E-state index in [-0.39, 0.29) is 18.7 Å². The lowest BCUT2D eigenvalue weighted by Crippen LogP contribution is -2.32. The molecular formula is C22H27FN2O5S. The van der Waals surface area contributed by atoms with Crippen molar-refractivity contribution in [1.82, 2.24) is 9.21 Å². The molecule has 2 rings (SSSR count). The predicted octanol–water partition coefficient (Wildman–Crippen LogP) is 2.98. The van der Waals surface area contributed by atoms with Crippen molar-refractivity contribution < 1.29 is 27.1 Å². The Labute approximate surface area is 182 Å². The molecule has 0 aliphatic heterocycles. The van der Waals surface area contributed by atoms with E-state index in [0.29, 0.717) is 6.54 Å². The van der Waals surface area contributed by atoms with Crippen LogP contribution in [0.25, 0.3) is 0 Å². The van der Waals surface area contributed by atoms with Gasteiger partial charge in [-0.3, -0.25) is 4.79 Å². The van der Waals surface area contributed by atoms with Crippen molar-refractivity contribution in [2.24, 2.45) is 0 Å². The molecule has 0 unspecified atom stereocenters. The first-order valence-electron chi connectivity index (χ1n) is 9.87. The average Bonchev–Trinajstić information content (AvgIpc) is 2.74. The van der Waals surface area contributed by atoms with Gasteiger partial charge in [-0.15, -0.1) is 0 Å². The quantitative estimate of drug-likeness (QED) is 0.549. The minimum absolute atomic E-state index is 0.151. The van der Waals surface area contributed by atoms with Crippen LogP contribution in [0.4, 0.5) is 4.39 Å². The lowest BCUT2D eigenvalue weighted by molar-refractivity contribution is -0.133. The van der Waals surface area contributed by atoms with Crippen molar-refractivity contribution in [3.8, 4) is 0 Å². The van der Waals surface area contributed by atoms with Gasteiger partial charge in [0.1, 0.15) is 10.7 Å². The van der Waals surface area contributed by atoms with Crippen LogP contribution in [0, 0.1) is 12.7 Å². The summed E-state index contributed by atoms with van der Waals surface area (Å²) in [6, 6.07) is 10.6. The molecule has 0 radical (unpaired) electrons. The summed E-state index contributed by atoms with van der Waals surface area (Å²) in [6.45, 7) is 5.37. The molecule has 0 heterocycles. The van der Waals surface area contributed by atoms with Gasteiger partial charge >= 0.3 is 5.97 Å². The summed E-state index contributed by atoms with van der Waals surface area (Å²) in [5.74, 6) is -2.29. The van der Waals surface area contributed by atoms with E-state index >= 15 is 0 Å². The molecule has 0 N–H and O–H groups in total. The number of esters is 1. The zero-order valence-corrected chi connectivity index (χ0v) is 18.9. The Hall–Kier alpha value is -2.78. The van der Waals surface area contributed by atoms with Crippen molar-refractivity contribution in [2.45, 2.75) is 32.2 Å². The number of carbonyl (C=O) groups excluding carboxylic acids is 2. The molecule has 0 fully saturated rings. The lowest BCUT2D eigenvalue weighted by atomic mass is 10.1. The Morgan fingerprint density at radius 1 is 1.06 bits per heavy atom. The summed E-state index contributed by atoms with van der Waals surface area (Å²) in [7, 11) is -2.50. The highest BCUT2D eigenvalue weighted by molar-refractivity contribution is 7.89. The van der Waals surface area contributed by atoms with E-state index < -0.39 is 39.2 Å². The van der Waals surface area contributed by atoms with E-state index in [1.54, 1.807) is 20.9 Å². The number of halogens is 1. The molecule has 0 saturated heterocycles. The second-order valence-electron chi connectivity index (χ2n) is 6.99. The van der Waals surface area contributed by atoms with E-state index in [2.05, 4.69) is 0 Å². The number of aryl methyl sites for hydroxylation is 1. The second-order valence-corrected chi connectivity index (χ2v) is 8.89. The van der Waals surface area contributed by atoms with Crippen molar-refractivity contribution in [3.05, 3.63) is 65.0 Å². The Kier molecular flexibility index (Phi) is 8.29.